The van der Waals surface area contributed by atoms with Crippen LogP contribution >= 0.6 is 11.6 Å². The van der Waals surface area contributed by atoms with Gasteiger partial charge in [-0.25, -0.2) is 0 Å². The first-order valence-corrected chi connectivity index (χ1v) is 14.6. The van der Waals surface area contributed by atoms with Gasteiger partial charge < -0.3 is 20.9 Å². The van der Waals surface area contributed by atoms with Crippen molar-refractivity contribution in [3.63, 3.8) is 0 Å². The number of amides is 1. The summed E-state index contributed by atoms with van der Waals surface area (Å²) in [7, 11) is 0. The normalized spacial score (nSPS) is 23.4. The first-order valence-electron chi connectivity index (χ1n) is 14.3. The lowest BCUT2D eigenvalue weighted by Crippen LogP contribution is -2.53. The number of primary amides is 1. The Labute approximate surface area is 236 Å². The average molecular weight is 551 g/mol. The van der Waals surface area contributed by atoms with Gasteiger partial charge in [-0.05, 0) is 74.3 Å². The number of aromatic nitrogens is 2. The van der Waals surface area contributed by atoms with E-state index in [1.54, 1.807) is 6.07 Å². The van der Waals surface area contributed by atoms with Crippen molar-refractivity contribution in [2.45, 2.75) is 57.2 Å². The van der Waals surface area contributed by atoms with Gasteiger partial charge in [-0.15, -0.1) is 10.2 Å². The van der Waals surface area contributed by atoms with E-state index in [1.807, 2.05) is 24.3 Å². The fourth-order valence-corrected chi connectivity index (χ4v) is 6.56. The van der Waals surface area contributed by atoms with Crippen molar-refractivity contribution < 1.29 is 4.79 Å². The molecule has 10 heteroatoms. The Kier molecular flexibility index (Phi) is 9.30. The highest BCUT2D eigenvalue weighted by Gasteiger charge is 2.29. The smallest absolute Gasteiger partial charge is 0.269 e. The highest BCUT2D eigenvalue weighted by Crippen LogP contribution is 2.27. The lowest BCUT2D eigenvalue weighted by atomic mass is 9.89. The second-order valence-electron chi connectivity index (χ2n) is 11.2. The lowest BCUT2D eigenvalue weighted by molar-refractivity contribution is 0.0643. The predicted molar refractivity (Wildman–Crippen MR) is 153 cm³/mol. The molecule has 0 spiro atoms. The summed E-state index contributed by atoms with van der Waals surface area (Å²) in [6.45, 7) is 8.61. The molecule has 9 nitrogen and oxygen atoms in total. The summed E-state index contributed by atoms with van der Waals surface area (Å²) in [5, 5.41) is 21.4. The van der Waals surface area contributed by atoms with Crippen LogP contribution in [0.2, 0.25) is 5.02 Å². The molecule has 208 valence electrons. The molecule has 39 heavy (non-hydrogen) atoms. The minimum Gasteiger partial charge on any atom is -0.364 e. The number of halogens is 1. The van der Waals surface area contributed by atoms with Crippen LogP contribution in [-0.2, 0) is 6.54 Å². The molecule has 3 fully saturated rings. The Morgan fingerprint density at radius 3 is 2.36 bits per heavy atom. The summed E-state index contributed by atoms with van der Waals surface area (Å²) in [5.41, 5.74) is 7.15. The van der Waals surface area contributed by atoms with Crippen LogP contribution in [0.5, 0.6) is 0 Å². The number of nitrogens with one attached hydrogen (secondary N) is 1. The first-order chi connectivity index (χ1) is 19.0. The molecule has 2 aliphatic heterocycles. The molecule has 1 amide bonds. The summed E-state index contributed by atoms with van der Waals surface area (Å²) in [6.07, 6.45) is 7.25. The Hall–Kier alpha value is -2.77. The van der Waals surface area contributed by atoms with E-state index in [9.17, 15) is 4.79 Å². The van der Waals surface area contributed by atoms with Crippen molar-refractivity contribution in [3.8, 4) is 6.07 Å². The standard InChI is InChI=1S/C29H39ClN8O/c30-26-17-22(1-2-23(26)18-31)19-33-24-3-5-25(6-4-24)37-15-13-36(14-16-37)20-21-9-11-38(12-10-21)28-8-7-27(29(32)39)34-35-28/h1-2,7-8,17,21,24-25,33H,3-6,9-16,19-20H2,(H2,32,39). The van der Waals surface area contributed by atoms with Crippen LogP contribution in [-0.4, -0.2) is 83.8 Å². The maximum atomic E-state index is 11.2. The highest BCUT2D eigenvalue weighted by atomic mass is 35.5. The van der Waals surface area contributed by atoms with Gasteiger partial charge >= 0.3 is 0 Å². The van der Waals surface area contributed by atoms with E-state index in [-0.39, 0.29) is 5.69 Å². The molecule has 5 rings (SSSR count). The molecule has 3 aliphatic rings. The quantitative estimate of drug-likeness (QED) is 0.515. The number of nitriles is 1. The number of piperazine rings is 1. The van der Waals surface area contributed by atoms with Crippen LogP contribution in [0.4, 0.5) is 5.82 Å². The van der Waals surface area contributed by atoms with Gasteiger partial charge in [0.15, 0.2) is 11.5 Å². The highest BCUT2D eigenvalue weighted by molar-refractivity contribution is 6.31. The zero-order valence-electron chi connectivity index (χ0n) is 22.6. The number of hydrogen-bond acceptors (Lipinski definition) is 8. The Morgan fingerprint density at radius 1 is 1.00 bits per heavy atom. The van der Waals surface area contributed by atoms with Crippen molar-refractivity contribution in [1.82, 2.24) is 25.3 Å². The van der Waals surface area contributed by atoms with Crippen LogP contribution in [0.25, 0.3) is 0 Å². The number of nitrogens with zero attached hydrogens (tertiary/aromatic N) is 6. The molecule has 2 saturated heterocycles. The summed E-state index contributed by atoms with van der Waals surface area (Å²) >= 11 is 6.18. The number of carbonyl (C=O) groups excluding carboxylic acids is 1. The van der Waals surface area contributed by atoms with Gasteiger partial charge in [0.2, 0.25) is 0 Å². The number of carbonyl (C=O) groups is 1. The first kappa shape index (κ1) is 27.8. The van der Waals surface area contributed by atoms with Crippen molar-refractivity contribution in [2.24, 2.45) is 11.7 Å². The molecule has 0 radical (unpaired) electrons. The Morgan fingerprint density at radius 2 is 1.74 bits per heavy atom. The average Bonchev–Trinajstić information content (AvgIpc) is 2.97. The third-order valence-electron chi connectivity index (χ3n) is 8.73. The largest absolute Gasteiger partial charge is 0.364 e. The van der Waals surface area contributed by atoms with Crippen molar-refractivity contribution >= 4 is 23.3 Å². The Bertz CT molecular complexity index is 1140. The van der Waals surface area contributed by atoms with Gasteiger partial charge in [-0.3, -0.25) is 9.69 Å². The van der Waals surface area contributed by atoms with E-state index in [0.717, 1.165) is 62.9 Å². The Balaban J connectivity index is 0.978. The second kappa shape index (κ2) is 13.1. The van der Waals surface area contributed by atoms with Crippen LogP contribution in [0.15, 0.2) is 30.3 Å². The zero-order chi connectivity index (χ0) is 27.2. The van der Waals surface area contributed by atoms with E-state index >= 15 is 0 Å². The molecule has 1 aromatic carbocycles. The molecule has 1 aliphatic carbocycles. The monoisotopic (exact) mass is 550 g/mol. The van der Waals surface area contributed by atoms with Gasteiger partial charge in [0.1, 0.15) is 6.07 Å². The van der Waals surface area contributed by atoms with Crippen molar-refractivity contribution in [2.75, 3.05) is 50.7 Å². The van der Waals surface area contributed by atoms with Gasteiger partial charge in [-0.2, -0.15) is 5.26 Å². The van der Waals surface area contributed by atoms with E-state index in [0.29, 0.717) is 22.7 Å². The fraction of sp³-hybridized carbons (Fsp3) is 0.586. The second-order valence-corrected chi connectivity index (χ2v) is 11.6. The van der Waals surface area contributed by atoms with Crippen molar-refractivity contribution in [1.29, 1.82) is 5.26 Å². The van der Waals surface area contributed by atoms with Crippen LogP contribution < -0.4 is 16.0 Å². The lowest BCUT2D eigenvalue weighted by Gasteiger charge is -2.43. The zero-order valence-corrected chi connectivity index (χ0v) is 23.3. The minimum absolute atomic E-state index is 0.211. The van der Waals surface area contributed by atoms with Gasteiger partial charge in [0.25, 0.3) is 5.91 Å². The van der Waals surface area contributed by atoms with Crippen LogP contribution in [0.3, 0.4) is 0 Å². The van der Waals surface area contributed by atoms with Gasteiger partial charge in [0.05, 0.1) is 10.6 Å². The summed E-state index contributed by atoms with van der Waals surface area (Å²) < 4.78 is 0. The molecule has 1 saturated carbocycles. The summed E-state index contributed by atoms with van der Waals surface area (Å²) in [4.78, 5) is 18.9. The molecule has 0 atom stereocenters. The number of nitrogens with two attached hydrogens (primary N) is 1. The maximum Gasteiger partial charge on any atom is 0.269 e. The van der Waals surface area contributed by atoms with Crippen LogP contribution in [0, 0.1) is 17.2 Å². The van der Waals surface area contributed by atoms with Crippen LogP contribution in [0.1, 0.15) is 60.1 Å². The van der Waals surface area contributed by atoms with E-state index in [4.69, 9.17) is 22.6 Å². The third kappa shape index (κ3) is 7.25. The fourth-order valence-electron chi connectivity index (χ4n) is 6.31. The van der Waals surface area contributed by atoms with E-state index < -0.39 is 5.91 Å². The molecule has 1 aromatic heterocycles. The minimum atomic E-state index is -0.542. The number of rotatable bonds is 8. The molecule has 0 unspecified atom stereocenters. The molecule has 3 heterocycles. The predicted octanol–water partition coefficient (Wildman–Crippen LogP) is 3.04. The SMILES string of the molecule is N#Cc1ccc(CNC2CCC(N3CCN(CC4CCN(c5ccc(C(N)=O)nn5)CC4)CC3)CC2)cc1Cl. The third-order valence-corrected chi connectivity index (χ3v) is 9.04. The van der Waals surface area contributed by atoms with Gasteiger partial charge in [0, 0.05) is 64.4 Å². The number of hydrogen-bond donors (Lipinski definition) is 2. The summed E-state index contributed by atoms with van der Waals surface area (Å²) in [5.74, 6) is 1.01. The number of benzene rings is 1. The molecule has 2 aromatic rings. The molecular formula is C29H39ClN8O. The molecule has 0 bridgehead atoms. The molecular weight excluding hydrogens is 512 g/mol. The van der Waals surface area contributed by atoms with Gasteiger partial charge in [-0.1, -0.05) is 17.7 Å². The topological polar surface area (TPSA) is 114 Å². The summed E-state index contributed by atoms with van der Waals surface area (Å²) in [6, 6.07) is 12.6. The van der Waals surface area contributed by atoms with E-state index in [1.165, 1.54) is 45.3 Å². The molecule has 3 N–H and O–H groups in total. The van der Waals surface area contributed by atoms with E-state index in [2.05, 4.69) is 36.3 Å². The number of piperidine rings is 1. The van der Waals surface area contributed by atoms with Crippen molar-refractivity contribution in [3.05, 3.63) is 52.2 Å². The maximum absolute atomic E-state index is 11.2. The number of anilines is 1.